The van der Waals surface area contributed by atoms with E-state index in [1.807, 2.05) is 0 Å². The molecule has 0 aromatic rings. The smallest absolute Gasteiger partial charge is 0.0698 e. The van der Waals surface area contributed by atoms with Crippen LogP contribution in [0.25, 0.3) is 0 Å². The van der Waals surface area contributed by atoms with Gasteiger partial charge in [-0.2, -0.15) is 0 Å². The average molecular weight is 228 g/mol. The second kappa shape index (κ2) is 5.96. The third kappa shape index (κ3) is 3.42. The van der Waals surface area contributed by atoms with Gasteiger partial charge in [0.25, 0.3) is 0 Å². The Hall–Kier alpha value is -0.160. The molecule has 0 aromatic heterocycles. The van der Waals surface area contributed by atoms with Crippen LogP contribution in [-0.2, 0) is 4.74 Å². The van der Waals surface area contributed by atoms with Crippen LogP contribution in [0.1, 0.15) is 26.2 Å². The minimum absolute atomic E-state index is 0.121. The number of aliphatic hydroxyl groups excluding tert-OH is 1. The lowest BCUT2D eigenvalue weighted by Crippen LogP contribution is -2.35. The molecule has 16 heavy (non-hydrogen) atoms. The monoisotopic (exact) mass is 228 g/mol. The molecule has 0 bridgehead atoms. The minimum Gasteiger partial charge on any atom is -0.394 e. The molecule has 0 aromatic carbocycles. The number of nitrogens with one attached hydrogen (secondary N) is 1. The van der Waals surface area contributed by atoms with Gasteiger partial charge in [0, 0.05) is 31.2 Å². The molecular formula is C12H24N2O2. The molecular weight excluding hydrogens is 204 g/mol. The highest BCUT2D eigenvalue weighted by atomic mass is 16.5. The van der Waals surface area contributed by atoms with Gasteiger partial charge in [0.15, 0.2) is 0 Å². The van der Waals surface area contributed by atoms with Gasteiger partial charge in [-0.05, 0) is 26.2 Å². The standard InChI is InChI=1S/C12H24N2O2/c1-10-8-11(9-14(10)12-2-3-12)13-4-6-16-7-5-15/h10-13,15H,2-9H2,1H3. The van der Waals surface area contributed by atoms with Crippen molar-refractivity contribution in [3.05, 3.63) is 0 Å². The predicted molar refractivity (Wildman–Crippen MR) is 63.5 cm³/mol. The van der Waals surface area contributed by atoms with E-state index in [2.05, 4.69) is 17.1 Å². The summed E-state index contributed by atoms with van der Waals surface area (Å²) in [6, 6.07) is 2.25. The molecule has 94 valence electrons. The summed E-state index contributed by atoms with van der Waals surface area (Å²) in [5, 5.41) is 12.1. The van der Waals surface area contributed by atoms with Crippen LogP contribution in [0, 0.1) is 0 Å². The quantitative estimate of drug-likeness (QED) is 0.612. The Morgan fingerprint density at radius 2 is 2.19 bits per heavy atom. The number of aliphatic hydroxyl groups is 1. The average Bonchev–Trinajstić information content (AvgIpc) is 3.04. The van der Waals surface area contributed by atoms with Crippen molar-refractivity contribution in [3.8, 4) is 0 Å². The summed E-state index contributed by atoms with van der Waals surface area (Å²) in [6.07, 6.45) is 4.06. The maximum atomic E-state index is 8.56. The summed E-state index contributed by atoms with van der Waals surface area (Å²) in [6.45, 7) is 5.71. The van der Waals surface area contributed by atoms with Crippen LogP contribution in [0.3, 0.4) is 0 Å². The van der Waals surface area contributed by atoms with Gasteiger partial charge in [0.1, 0.15) is 0 Å². The number of hydrogen-bond donors (Lipinski definition) is 2. The van der Waals surface area contributed by atoms with Gasteiger partial charge in [-0.15, -0.1) is 0 Å². The third-order valence-corrected chi connectivity index (χ3v) is 3.55. The van der Waals surface area contributed by atoms with E-state index in [-0.39, 0.29) is 6.61 Å². The highest BCUT2D eigenvalue weighted by molar-refractivity contribution is 4.95. The summed E-state index contributed by atoms with van der Waals surface area (Å²) in [7, 11) is 0. The van der Waals surface area contributed by atoms with E-state index in [9.17, 15) is 0 Å². The van der Waals surface area contributed by atoms with Crippen LogP contribution in [0.4, 0.5) is 0 Å². The van der Waals surface area contributed by atoms with Crippen LogP contribution in [0.2, 0.25) is 0 Å². The number of likely N-dealkylation sites (tertiary alicyclic amines) is 1. The largest absolute Gasteiger partial charge is 0.394 e. The van der Waals surface area contributed by atoms with Crippen molar-refractivity contribution in [3.63, 3.8) is 0 Å². The molecule has 1 aliphatic carbocycles. The first kappa shape index (κ1) is 12.3. The van der Waals surface area contributed by atoms with Gasteiger partial charge < -0.3 is 15.2 Å². The highest BCUT2D eigenvalue weighted by Gasteiger charge is 2.38. The third-order valence-electron chi connectivity index (χ3n) is 3.55. The van der Waals surface area contributed by atoms with Crippen molar-refractivity contribution in [1.29, 1.82) is 0 Å². The van der Waals surface area contributed by atoms with Crippen LogP contribution in [0.15, 0.2) is 0 Å². The Labute approximate surface area is 98.0 Å². The zero-order valence-electron chi connectivity index (χ0n) is 10.2. The summed E-state index contributed by atoms with van der Waals surface area (Å²) >= 11 is 0. The van der Waals surface area contributed by atoms with Crippen molar-refractivity contribution in [1.82, 2.24) is 10.2 Å². The first-order valence-corrected chi connectivity index (χ1v) is 6.49. The molecule has 0 radical (unpaired) electrons. The Bertz CT molecular complexity index is 209. The van der Waals surface area contributed by atoms with Gasteiger partial charge in [0.05, 0.1) is 19.8 Å². The van der Waals surface area contributed by atoms with Gasteiger partial charge in [-0.25, -0.2) is 0 Å². The Balaban J connectivity index is 1.57. The van der Waals surface area contributed by atoms with E-state index >= 15 is 0 Å². The van der Waals surface area contributed by atoms with E-state index in [4.69, 9.17) is 9.84 Å². The van der Waals surface area contributed by atoms with Crippen LogP contribution >= 0.6 is 0 Å². The fourth-order valence-electron chi connectivity index (χ4n) is 2.62. The molecule has 2 aliphatic rings. The summed E-state index contributed by atoms with van der Waals surface area (Å²) in [5.41, 5.74) is 0. The second-order valence-corrected chi connectivity index (χ2v) is 5.00. The summed E-state index contributed by atoms with van der Waals surface area (Å²) in [4.78, 5) is 2.65. The fraction of sp³-hybridized carbons (Fsp3) is 1.00. The molecule has 1 saturated carbocycles. The van der Waals surface area contributed by atoms with Crippen molar-refractivity contribution in [2.75, 3.05) is 32.9 Å². The normalized spacial score (nSPS) is 31.1. The zero-order chi connectivity index (χ0) is 11.4. The molecule has 1 aliphatic heterocycles. The number of nitrogens with zero attached hydrogens (tertiary/aromatic N) is 1. The molecule has 2 fully saturated rings. The minimum atomic E-state index is 0.121. The van der Waals surface area contributed by atoms with E-state index in [1.165, 1.54) is 25.8 Å². The lowest BCUT2D eigenvalue weighted by atomic mass is 10.2. The molecule has 2 atom stereocenters. The molecule has 2 N–H and O–H groups in total. The van der Waals surface area contributed by atoms with E-state index in [1.54, 1.807) is 0 Å². The molecule has 2 unspecified atom stereocenters. The SMILES string of the molecule is CC1CC(NCCOCCO)CN1C1CC1. The summed E-state index contributed by atoms with van der Waals surface area (Å²) < 4.78 is 5.23. The maximum Gasteiger partial charge on any atom is 0.0698 e. The predicted octanol–water partition coefficient (Wildman–Crippen LogP) is 0.210. The molecule has 1 heterocycles. The van der Waals surface area contributed by atoms with Gasteiger partial charge in [0.2, 0.25) is 0 Å². The first-order chi connectivity index (χ1) is 7.81. The van der Waals surface area contributed by atoms with E-state index in [0.29, 0.717) is 19.3 Å². The molecule has 4 nitrogen and oxygen atoms in total. The second-order valence-electron chi connectivity index (χ2n) is 5.00. The topological polar surface area (TPSA) is 44.7 Å². The molecule has 4 heteroatoms. The Morgan fingerprint density at radius 3 is 2.88 bits per heavy atom. The van der Waals surface area contributed by atoms with E-state index < -0.39 is 0 Å². The van der Waals surface area contributed by atoms with Crippen molar-refractivity contribution < 1.29 is 9.84 Å². The Morgan fingerprint density at radius 1 is 1.38 bits per heavy atom. The van der Waals surface area contributed by atoms with Crippen LogP contribution in [-0.4, -0.2) is 61.0 Å². The van der Waals surface area contributed by atoms with Crippen LogP contribution in [0.5, 0.6) is 0 Å². The maximum absolute atomic E-state index is 8.56. The number of rotatable bonds is 7. The van der Waals surface area contributed by atoms with Crippen molar-refractivity contribution >= 4 is 0 Å². The number of hydrogen-bond acceptors (Lipinski definition) is 4. The highest BCUT2D eigenvalue weighted by Crippen LogP contribution is 2.33. The molecule has 0 amide bonds. The molecule has 2 rings (SSSR count). The first-order valence-electron chi connectivity index (χ1n) is 6.49. The molecule has 0 spiro atoms. The number of ether oxygens (including phenoxy) is 1. The lowest BCUT2D eigenvalue weighted by molar-refractivity contribution is 0.0926. The van der Waals surface area contributed by atoms with Gasteiger partial charge in [-0.1, -0.05) is 0 Å². The van der Waals surface area contributed by atoms with Crippen LogP contribution < -0.4 is 5.32 Å². The van der Waals surface area contributed by atoms with E-state index in [0.717, 1.165) is 18.6 Å². The molecule has 1 saturated heterocycles. The Kier molecular flexibility index (Phi) is 4.58. The fourth-order valence-corrected chi connectivity index (χ4v) is 2.62. The zero-order valence-corrected chi connectivity index (χ0v) is 10.2. The van der Waals surface area contributed by atoms with Gasteiger partial charge in [-0.3, -0.25) is 4.90 Å². The van der Waals surface area contributed by atoms with Gasteiger partial charge >= 0.3 is 0 Å². The van der Waals surface area contributed by atoms with Crippen molar-refractivity contribution in [2.24, 2.45) is 0 Å². The summed E-state index contributed by atoms with van der Waals surface area (Å²) in [5.74, 6) is 0. The van der Waals surface area contributed by atoms with Crippen molar-refractivity contribution in [2.45, 2.75) is 44.3 Å². The lowest BCUT2D eigenvalue weighted by Gasteiger charge is -2.19.